The van der Waals surface area contributed by atoms with E-state index in [0.29, 0.717) is 0 Å². The molecule has 0 fully saturated rings. The molecule has 1 nitrogen and oxygen atoms in total. The Kier molecular flexibility index (Phi) is 3.85. The van der Waals surface area contributed by atoms with Crippen LogP contribution in [0.3, 0.4) is 0 Å². The van der Waals surface area contributed by atoms with E-state index in [-0.39, 0.29) is 0 Å². The fourth-order valence-corrected chi connectivity index (χ4v) is 0.411. The molecule has 0 heterocycles. The van der Waals surface area contributed by atoms with Gasteiger partial charge in [0.15, 0.2) is 0 Å². The minimum atomic E-state index is 0.924. The first-order valence-electron chi connectivity index (χ1n) is 2.61. The number of hydrogen-bond acceptors (Lipinski definition) is 1. The second-order valence-corrected chi connectivity index (χ2v) is 1.37. The lowest BCUT2D eigenvalue weighted by atomic mass is 10.4. The van der Waals surface area contributed by atoms with Crippen LogP contribution in [0.25, 0.3) is 0 Å². The largest absolute Gasteiger partial charge is 0.265 e. The van der Waals surface area contributed by atoms with E-state index in [1.807, 2.05) is 32.1 Å². The van der Waals surface area contributed by atoms with E-state index in [9.17, 15) is 0 Å². The molecule has 0 atom stereocenters. The number of aliphatic imine (C=N–C) groups is 1. The third kappa shape index (κ3) is 2.35. The first kappa shape index (κ1) is 7.15. The summed E-state index contributed by atoms with van der Waals surface area (Å²) in [6, 6.07) is 0. The highest BCUT2D eigenvalue weighted by Crippen LogP contribution is 1.94. The Morgan fingerprint density at radius 1 is 1.50 bits per heavy atom. The number of rotatable bonds is 2. The van der Waals surface area contributed by atoms with Gasteiger partial charge >= 0.3 is 0 Å². The topological polar surface area (TPSA) is 12.4 Å². The molecular weight excluding hydrogens is 98.1 g/mol. The molecule has 0 aromatic carbocycles. The zero-order valence-electron chi connectivity index (χ0n) is 5.39. The van der Waals surface area contributed by atoms with Gasteiger partial charge in [-0.15, -0.1) is 0 Å². The molecule has 0 aliphatic heterocycles. The second kappa shape index (κ2) is 4.31. The quantitative estimate of drug-likeness (QED) is 0.380. The van der Waals surface area contributed by atoms with Gasteiger partial charge in [0.1, 0.15) is 0 Å². The normalized spacial score (nSPS) is 12.5. The van der Waals surface area contributed by atoms with Crippen molar-refractivity contribution in [1.82, 2.24) is 0 Å². The van der Waals surface area contributed by atoms with Crippen LogP contribution in [0.2, 0.25) is 0 Å². The molecule has 0 amide bonds. The number of hydrogen-bond donors (Lipinski definition) is 0. The fourth-order valence-electron chi connectivity index (χ4n) is 0.411. The average molecular weight is 109 g/mol. The lowest BCUT2D eigenvalue weighted by Crippen LogP contribution is -1.64. The summed E-state index contributed by atoms with van der Waals surface area (Å²) in [6.45, 7) is 7.27. The van der Waals surface area contributed by atoms with Gasteiger partial charge in [-0.05, 0) is 26.6 Å². The van der Waals surface area contributed by atoms with Crippen molar-refractivity contribution < 1.29 is 0 Å². The Morgan fingerprint density at radius 3 is 2.25 bits per heavy atom. The van der Waals surface area contributed by atoms with E-state index in [1.165, 1.54) is 0 Å². The summed E-state index contributed by atoms with van der Waals surface area (Å²) < 4.78 is 0. The van der Waals surface area contributed by atoms with Gasteiger partial charge in [0.05, 0.1) is 5.70 Å². The summed E-state index contributed by atoms with van der Waals surface area (Å²) in [5, 5.41) is 0. The van der Waals surface area contributed by atoms with Gasteiger partial charge < -0.3 is 0 Å². The molecular formula is C7H11N. The van der Waals surface area contributed by atoms with Gasteiger partial charge in [-0.2, -0.15) is 0 Å². The predicted molar refractivity (Wildman–Crippen MR) is 38.1 cm³/mol. The zero-order valence-corrected chi connectivity index (χ0v) is 5.39. The molecule has 0 aromatic heterocycles. The van der Waals surface area contributed by atoms with E-state index < -0.39 is 0 Å². The number of nitrogens with zero attached hydrogens (tertiary/aromatic N) is 1. The average Bonchev–Trinajstić information content (AvgIpc) is 1.83. The van der Waals surface area contributed by atoms with Crippen LogP contribution in [0.4, 0.5) is 0 Å². The Labute approximate surface area is 50.4 Å². The van der Waals surface area contributed by atoms with Crippen molar-refractivity contribution in [3.8, 4) is 0 Å². The molecule has 0 aliphatic carbocycles. The van der Waals surface area contributed by atoms with Crippen molar-refractivity contribution in [3.63, 3.8) is 0 Å². The van der Waals surface area contributed by atoms with E-state index >= 15 is 0 Å². The maximum atomic E-state index is 3.72. The minimum absolute atomic E-state index is 0.924. The molecule has 44 valence electrons. The summed E-state index contributed by atoms with van der Waals surface area (Å²) in [7, 11) is 0. The van der Waals surface area contributed by atoms with Crippen molar-refractivity contribution in [2.45, 2.75) is 13.8 Å². The highest BCUT2D eigenvalue weighted by atomic mass is 14.7. The van der Waals surface area contributed by atoms with Gasteiger partial charge in [0.2, 0.25) is 0 Å². The van der Waals surface area contributed by atoms with Crippen molar-refractivity contribution in [1.29, 1.82) is 0 Å². The van der Waals surface area contributed by atoms with Gasteiger partial charge in [0.25, 0.3) is 0 Å². The molecule has 0 N–H and O–H groups in total. The van der Waals surface area contributed by atoms with Crippen LogP contribution in [-0.2, 0) is 0 Å². The fraction of sp³-hybridized carbons (Fsp3) is 0.286. The minimum Gasteiger partial charge on any atom is -0.265 e. The summed E-state index contributed by atoms with van der Waals surface area (Å²) in [5.41, 5.74) is 0.924. The van der Waals surface area contributed by atoms with Crippen LogP contribution in [-0.4, -0.2) is 6.72 Å². The van der Waals surface area contributed by atoms with Crippen LogP contribution < -0.4 is 0 Å². The first-order chi connectivity index (χ1) is 3.85. The molecule has 0 saturated heterocycles. The Hall–Kier alpha value is -0.850. The SMILES string of the molecule is C=NC(=C\C)/C=C/C. The monoisotopic (exact) mass is 109 g/mol. The molecule has 8 heavy (non-hydrogen) atoms. The molecule has 0 aromatic rings. The summed E-state index contributed by atoms with van der Waals surface area (Å²) >= 11 is 0. The first-order valence-corrected chi connectivity index (χ1v) is 2.61. The maximum absolute atomic E-state index is 3.72. The molecule has 0 bridgehead atoms. The van der Waals surface area contributed by atoms with Gasteiger partial charge in [-0.3, -0.25) is 4.99 Å². The summed E-state index contributed by atoms with van der Waals surface area (Å²) in [4.78, 5) is 3.72. The molecule has 0 radical (unpaired) electrons. The third-order valence-corrected chi connectivity index (χ3v) is 0.816. The molecule has 1 heteroatoms. The zero-order chi connectivity index (χ0) is 6.41. The predicted octanol–water partition coefficient (Wildman–Crippen LogP) is 2.17. The van der Waals surface area contributed by atoms with Crippen LogP contribution in [0.1, 0.15) is 13.8 Å². The van der Waals surface area contributed by atoms with Gasteiger partial charge in [-0.1, -0.05) is 12.2 Å². The number of allylic oxidation sites excluding steroid dienone is 3. The van der Waals surface area contributed by atoms with Crippen LogP contribution >= 0.6 is 0 Å². The van der Waals surface area contributed by atoms with Gasteiger partial charge in [0, 0.05) is 0 Å². The highest BCUT2D eigenvalue weighted by Gasteiger charge is 1.75. The Balaban J connectivity index is 3.91. The van der Waals surface area contributed by atoms with E-state index in [1.54, 1.807) is 0 Å². The summed E-state index contributed by atoms with van der Waals surface area (Å²) in [6.07, 6.45) is 5.75. The van der Waals surface area contributed by atoms with E-state index in [2.05, 4.69) is 11.7 Å². The van der Waals surface area contributed by atoms with Crippen LogP contribution in [0.15, 0.2) is 28.9 Å². The standard InChI is InChI=1S/C7H11N/c1-4-6-7(5-2)8-3/h4-6H,3H2,1-2H3/b6-4+,7-5-. The highest BCUT2D eigenvalue weighted by molar-refractivity contribution is 5.32. The van der Waals surface area contributed by atoms with Crippen molar-refractivity contribution in [3.05, 3.63) is 23.9 Å². The van der Waals surface area contributed by atoms with Gasteiger partial charge in [-0.25, -0.2) is 0 Å². The molecule has 0 spiro atoms. The summed E-state index contributed by atoms with van der Waals surface area (Å²) in [5.74, 6) is 0. The lowest BCUT2D eigenvalue weighted by Gasteiger charge is -1.84. The lowest BCUT2D eigenvalue weighted by molar-refractivity contribution is 1.40. The molecule has 0 rings (SSSR count). The van der Waals surface area contributed by atoms with E-state index in [0.717, 1.165) is 5.70 Å². The Bertz CT molecular complexity index is 120. The van der Waals surface area contributed by atoms with Crippen LogP contribution in [0.5, 0.6) is 0 Å². The molecule has 0 aliphatic rings. The Morgan fingerprint density at radius 2 is 2.12 bits per heavy atom. The van der Waals surface area contributed by atoms with E-state index in [4.69, 9.17) is 0 Å². The van der Waals surface area contributed by atoms with Crippen molar-refractivity contribution in [2.24, 2.45) is 4.99 Å². The third-order valence-electron chi connectivity index (χ3n) is 0.816. The molecule has 0 saturated carbocycles. The van der Waals surface area contributed by atoms with Crippen molar-refractivity contribution in [2.75, 3.05) is 0 Å². The second-order valence-electron chi connectivity index (χ2n) is 1.37. The smallest absolute Gasteiger partial charge is 0.0576 e. The molecule has 0 unspecified atom stereocenters. The maximum Gasteiger partial charge on any atom is 0.0576 e. The van der Waals surface area contributed by atoms with Crippen molar-refractivity contribution >= 4 is 6.72 Å². The van der Waals surface area contributed by atoms with Crippen LogP contribution in [0, 0.1) is 0 Å².